The molecule has 2 aromatic carbocycles. The van der Waals surface area contributed by atoms with E-state index in [2.05, 4.69) is 5.32 Å². The van der Waals surface area contributed by atoms with Crippen LogP contribution in [-0.2, 0) is 23.0 Å². The van der Waals surface area contributed by atoms with E-state index in [1.165, 1.54) is 24.3 Å². The van der Waals surface area contributed by atoms with Crippen molar-refractivity contribution < 1.29 is 21.8 Å². The Labute approximate surface area is 139 Å². The molecule has 1 aliphatic carbocycles. The van der Waals surface area contributed by atoms with Crippen molar-refractivity contribution >= 4 is 16.0 Å². The number of hydrogen-bond acceptors (Lipinski definition) is 4. The lowest BCUT2D eigenvalue weighted by Gasteiger charge is -2.11. The Kier molecular flexibility index (Phi) is 4.28. The van der Waals surface area contributed by atoms with Crippen LogP contribution in [0, 0.1) is 5.82 Å². The van der Waals surface area contributed by atoms with Gasteiger partial charge in [0.1, 0.15) is 11.6 Å². The van der Waals surface area contributed by atoms with Gasteiger partial charge in [-0.25, -0.2) is 4.39 Å². The molecule has 126 valence electrons. The molecule has 0 aliphatic heterocycles. The maximum atomic E-state index is 12.9. The van der Waals surface area contributed by atoms with Gasteiger partial charge in [0, 0.05) is 11.6 Å². The molecule has 3 rings (SSSR count). The first kappa shape index (κ1) is 16.4. The molecule has 1 aliphatic rings. The van der Waals surface area contributed by atoms with Crippen LogP contribution in [0.25, 0.3) is 0 Å². The summed E-state index contributed by atoms with van der Waals surface area (Å²) in [6, 6.07) is 10.4. The molecular formula is C17H16FNO4S. The average molecular weight is 349 g/mol. The third-order valence-corrected chi connectivity index (χ3v) is 4.29. The minimum atomic E-state index is -3.57. The zero-order chi connectivity index (χ0) is 17.3. The topological polar surface area (TPSA) is 72.5 Å². The minimum Gasteiger partial charge on any atom is -0.383 e. The van der Waals surface area contributed by atoms with Gasteiger partial charge in [-0.1, -0.05) is 6.07 Å². The Bertz CT molecular complexity index is 878. The lowest BCUT2D eigenvalue weighted by Crippen LogP contribution is -2.35. The summed E-state index contributed by atoms with van der Waals surface area (Å²) in [6.45, 7) is 0. The normalized spacial score (nSPS) is 16.5. The van der Waals surface area contributed by atoms with Crippen LogP contribution in [0.5, 0.6) is 5.75 Å². The minimum absolute atomic E-state index is 0.0916. The number of hydrogen-bond donors (Lipinski definition) is 1. The van der Waals surface area contributed by atoms with Crippen LogP contribution in [0.2, 0.25) is 0 Å². The Morgan fingerprint density at radius 3 is 2.46 bits per heavy atom. The number of fused-ring (bicyclic) bond motifs is 1. The second kappa shape index (κ2) is 6.24. The molecule has 0 radical (unpaired) electrons. The van der Waals surface area contributed by atoms with Crippen LogP contribution < -0.4 is 9.50 Å². The highest BCUT2D eigenvalue weighted by Gasteiger charge is 2.24. The quantitative estimate of drug-likeness (QED) is 0.858. The van der Waals surface area contributed by atoms with Crippen LogP contribution >= 0.6 is 0 Å². The Morgan fingerprint density at radius 2 is 1.79 bits per heavy atom. The van der Waals surface area contributed by atoms with Gasteiger partial charge in [-0.05, 0) is 60.4 Å². The van der Waals surface area contributed by atoms with Gasteiger partial charge in [-0.15, -0.1) is 0 Å². The molecule has 1 N–H and O–H groups in total. The van der Waals surface area contributed by atoms with E-state index in [1.807, 2.05) is 0 Å². The fraction of sp³-hybridized carbons (Fsp3) is 0.235. The van der Waals surface area contributed by atoms with Crippen molar-refractivity contribution in [2.75, 3.05) is 6.26 Å². The van der Waals surface area contributed by atoms with Crippen molar-refractivity contribution in [3.63, 3.8) is 0 Å². The third-order valence-electron chi connectivity index (χ3n) is 3.80. The molecule has 2 aromatic rings. The van der Waals surface area contributed by atoms with Gasteiger partial charge in [0.05, 0.1) is 6.26 Å². The van der Waals surface area contributed by atoms with E-state index in [0.717, 1.165) is 17.4 Å². The molecule has 0 spiro atoms. The first-order valence-corrected chi connectivity index (χ1v) is 9.19. The van der Waals surface area contributed by atoms with E-state index in [0.29, 0.717) is 18.4 Å². The largest absolute Gasteiger partial charge is 0.383 e. The molecule has 1 unspecified atom stereocenters. The SMILES string of the molecule is CS(=O)(=O)Oc1ccc2c(c1)CC(NC(=O)c1ccc(F)cc1)C2. The number of halogens is 1. The molecule has 0 heterocycles. The fourth-order valence-electron chi connectivity index (χ4n) is 2.79. The Hall–Kier alpha value is -2.41. The van der Waals surface area contributed by atoms with Crippen molar-refractivity contribution in [2.24, 2.45) is 0 Å². The summed E-state index contributed by atoms with van der Waals surface area (Å²) >= 11 is 0. The highest BCUT2D eigenvalue weighted by atomic mass is 32.2. The molecule has 24 heavy (non-hydrogen) atoms. The van der Waals surface area contributed by atoms with E-state index in [9.17, 15) is 17.6 Å². The molecular weight excluding hydrogens is 333 g/mol. The van der Waals surface area contributed by atoms with Crippen molar-refractivity contribution in [2.45, 2.75) is 18.9 Å². The molecule has 0 saturated carbocycles. The summed E-state index contributed by atoms with van der Waals surface area (Å²) in [4.78, 5) is 12.2. The van der Waals surface area contributed by atoms with Crippen LogP contribution in [0.3, 0.4) is 0 Å². The predicted octanol–water partition coefficient (Wildman–Crippen LogP) is 2.06. The summed E-state index contributed by atoms with van der Waals surface area (Å²) in [5.41, 5.74) is 2.38. The van der Waals surface area contributed by atoms with Crippen LogP contribution in [-0.4, -0.2) is 26.6 Å². The van der Waals surface area contributed by atoms with Crippen LogP contribution in [0.15, 0.2) is 42.5 Å². The lowest BCUT2D eigenvalue weighted by atomic mass is 10.1. The van der Waals surface area contributed by atoms with Crippen molar-refractivity contribution in [3.05, 3.63) is 65.0 Å². The van der Waals surface area contributed by atoms with Gasteiger partial charge in [0.15, 0.2) is 0 Å². The van der Waals surface area contributed by atoms with Gasteiger partial charge in [-0.2, -0.15) is 8.42 Å². The lowest BCUT2D eigenvalue weighted by molar-refractivity contribution is 0.0938. The van der Waals surface area contributed by atoms with Gasteiger partial charge in [0.2, 0.25) is 0 Å². The summed E-state index contributed by atoms with van der Waals surface area (Å²) in [6.07, 6.45) is 2.23. The molecule has 7 heteroatoms. The highest BCUT2D eigenvalue weighted by molar-refractivity contribution is 7.86. The van der Waals surface area contributed by atoms with Crippen LogP contribution in [0.4, 0.5) is 4.39 Å². The summed E-state index contributed by atoms with van der Waals surface area (Å²) in [5, 5.41) is 2.91. The average Bonchev–Trinajstić information content (AvgIpc) is 2.87. The van der Waals surface area contributed by atoms with Crippen molar-refractivity contribution in [3.8, 4) is 5.75 Å². The first-order chi connectivity index (χ1) is 11.3. The van der Waals surface area contributed by atoms with E-state index in [-0.39, 0.29) is 17.7 Å². The zero-order valence-corrected chi connectivity index (χ0v) is 13.8. The van der Waals surface area contributed by atoms with E-state index in [1.54, 1.807) is 18.2 Å². The summed E-state index contributed by atoms with van der Waals surface area (Å²) in [7, 11) is -3.57. The second-order valence-corrected chi connectivity index (χ2v) is 7.38. The number of benzene rings is 2. The zero-order valence-electron chi connectivity index (χ0n) is 13.0. The first-order valence-electron chi connectivity index (χ1n) is 7.38. The van der Waals surface area contributed by atoms with E-state index >= 15 is 0 Å². The van der Waals surface area contributed by atoms with E-state index < -0.39 is 15.9 Å². The third kappa shape index (κ3) is 3.91. The number of carbonyl (C=O) groups excluding carboxylic acids is 1. The van der Waals surface area contributed by atoms with Crippen LogP contribution in [0.1, 0.15) is 21.5 Å². The second-order valence-electron chi connectivity index (χ2n) is 5.80. The fourth-order valence-corrected chi connectivity index (χ4v) is 3.25. The number of nitrogens with one attached hydrogen (secondary N) is 1. The van der Waals surface area contributed by atoms with Gasteiger partial charge in [0.25, 0.3) is 5.91 Å². The number of rotatable bonds is 4. The molecule has 0 saturated heterocycles. The standard InChI is InChI=1S/C17H16FNO4S/c1-24(21,22)23-16-7-4-12-8-15(9-13(12)10-16)19-17(20)11-2-5-14(18)6-3-11/h2-7,10,15H,8-9H2,1H3,(H,19,20). The molecule has 1 amide bonds. The molecule has 0 bridgehead atoms. The van der Waals surface area contributed by atoms with Gasteiger partial charge < -0.3 is 9.50 Å². The number of amides is 1. The van der Waals surface area contributed by atoms with Crippen molar-refractivity contribution in [1.29, 1.82) is 0 Å². The smallest absolute Gasteiger partial charge is 0.306 e. The van der Waals surface area contributed by atoms with E-state index in [4.69, 9.17) is 4.18 Å². The molecule has 5 nitrogen and oxygen atoms in total. The molecule has 1 atom stereocenters. The van der Waals surface area contributed by atoms with Gasteiger partial charge in [-0.3, -0.25) is 4.79 Å². The molecule has 0 aromatic heterocycles. The number of carbonyl (C=O) groups is 1. The van der Waals surface area contributed by atoms with Crippen molar-refractivity contribution in [1.82, 2.24) is 5.32 Å². The molecule has 0 fully saturated rings. The maximum Gasteiger partial charge on any atom is 0.306 e. The Balaban J connectivity index is 1.68. The Morgan fingerprint density at radius 1 is 1.12 bits per heavy atom. The summed E-state index contributed by atoms with van der Waals surface area (Å²) in [5.74, 6) is -0.389. The predicted molar refractivity (Wildman–Crippen MR) is 87.0 cm³/mol. The highest BCUT2D eigenvalue weighted by Crippen LogP contribution is 2.27. The monoisotopic (exact) mass is 349 g/mol. The van der Waals surface area contributed by atoms with Gasteiger partial charge >= 0.3 is 10.1 Å². The summed E-state index contributed by atoms with van der Waals surface area (Å²) < 4.78 is 40.1. The maximum absolute atomic E-state index is 12.9.